The zero-order valence-electron chi connectivity index (χ0n) is 14.9. The number of benzene rings is 1. The molecule has 3 heterocycles. The van der Waals surface area contributed by atoms with E-state index in [4.69, 9.17) is 0 Å². The number of nitrogens with one attached hydrogen (secondary N) is 2. The highest BCUT2D eigenvalue weighted by molar-refractivity contribution is 6.80. The Hall–Kier alpha value is -1.55. The molecule has 4 heteroatoms. The van der Waals surface area contributed by atoms with Crippen LogP contribution in [-0.2, 0) is 0 Å². The van der Waals surface area contributed by atoms with Crippen molar-refractivity contribution < 1.29 is 4.79 Å². The Labute approximate surface area is 145 Å². The van der Waals surface area contributed by atoms with Gasteiger partial charge in [0, 0.05) is 16.9 Å². The van der Waals surface area contributed by atoms with Gasteiger partial charge in [0.05, 0.1) is 8.07 Å². The predicted octanol–water partition coefficient (Wildman–Crippen LogP) is 4.92. The van der Waals surface area contributed by atoms with E-state index in [-0.39, 0.29) is 5.91 Å². The third-order valence-electron chi connectivity index (χ3n) is 6.38. The van der Waals surface area contributed by atoms with Crippen molar-refractivity contribution in [1.82, 2.24) is 10.3 Å². The maximum atomic E-state index is 12.7. The smallest absolute Gasteiger partial charge is 0.267 e. The van der Waals surface area contributed by atoms with Crippen molar-refractivity contribution in [2.75, 3.05) is 0 Å². The Kier molecular flexibility index (Phi) is 4.03. The summed E-state index contributed by atoms with van der Waals surface area (Å²) >= 11 is 0. The van der Waals surface area contributed by atoms with E-state index in [9.17, 15) is 4.79 Å². The first-order valence-electron chi connectivity index (χ1n) is 9.46. The van der Waals surface area contributed by atoms with Crippen LogP contribution in [-0.4, -0.2) is 25.0 Å². The molecule has 0 unspecified atom stereocenters. The second-order valence-electron chi connectivity index (χ2n) is 8.18. The van der Waals surface area contributed by atoms with Crippen molar-refractivity contribution in [2.45, 2.75) is 69.7 Å². The molecule has 1 aromatic heterocycles. The van der Waals surface area contributed by atoms with Gasteiger partial charge in [-0.15, -0.1) is 0 Å². The van der Waals surface area contributed by atoms with Crippen LogP contribution < -0.4 is 5.32 Å². The van der Waals surface area contributed by atoms with Gasteiger partial charge in [-0.2, -0.15) is 0 Å². The Morgan fingerprint density at radius 2 is 1.79 bits per heavy atom. The molecular weight excluding hydrogens is 312 g/mol. The van der Waals surface area contributed by atoms with Crippen LogP contribution in [0, 0.1) is 13.8 Å². The van der Waals surface area contributed by atoms with E-state index in [0.717, 1.165) is 10.9 Å². The van der Waals surface area contributed by atoms with Gasteiger partial charge in [-0.1, -0.05) is 43.1 Å². The lowest BCUT2D eigenvalue weighted by Gasteiger charge is -2.35. The quantitative estimate of drug-likeness (QED) is 0.749. The molecule has 0 saturated carbocycles. The molecule has 2 fully saturated rings. The van der Waals surface area contributed by atoms with Gasteiger partial charge in [0.2, 0.25) is 0 Å². The minimum atomic E-state index is -0.891. The van der Waals surface area contributed by atoms with Gasteiger partial charge < -0.3 is 10.3 Å². The Balaban J connectivity index is 1.44. The van der Waals surface area contributed by atoms with Crippen molar-refractivity contribution in [3.63, 3.8) is 0 Å². The average Bonchev–Trinajstić information content (AvgIpc) is 3.17. The van der Waals surface area contributed by atoms with Crippen molar-refractivity contribution >= 4 is 24.9 Å². The number of aromatic nitrogens is 1. The Morgan fingerprint density at radius 3 is 2.50 bits per heavy atom. The standard InChI is InChI=1S/C20H28N2OSi/c1-14-11-15(2)17-13-19(22-18(17)12-14)20(23)21-16-5-9-24(10-6-16)7-3-4-8-24/h11-13,16,22H,3-10H2,1-2H3,(H,21,23). The number of carbonyl (C=O) groups excluding carboxylic acids is 1. The largest absolute Gasteiger partial charge is 0.351 e. The van der Waals surface area contributed by atoms with Gasteiger partial charge in [0.25, 0.3) is 5.91 Å². The molecule has 24 heavy (non-hydrogen) atoms. The number of hydrogen-bond donors (Lipinski definition) is 2. The molecule has 0 atom stereocenters. The van der Waals surface area contributed by atoms with Crippen molar-refractivity contribution in [3.8, 4) is 0 Å². The number of H-pyrrole nitrogens is 1. The molecule has 128 valence electrons. The molecule has 4 rings (SSSR count). The van der Waals surface area contributed by atoms with Crippen molar-refractivity contribution in [2.24, 2.45) is 0 Å². The first-order valence-corrected chi connectivity index (χ1v) is 12.3. The van der Waals surface area contributed by atoms with Crippen LogP contribution in [0.1, 0.15) is 47.3 Å². The number of aromatic amines is 1. The molecule has 0 radical (unpaired) electrons. The van der Waals surface area contributed by atoms with Crippen molar-refractivity contribution in [1.29, 1.82) is 0 Å². The highest BCUT2D eigenvalue weighted by Gasteiger charge is 2.39. The summed E-state index contributed by atoms with van der Waals surface area (Å²) in [6.45, 7) is 4.20. The van der Waals surface area contributed by atoms with E-state index in [1.807, 2.05) is 6.07 Å². The Morgan fingerprint density at radius 1 is 1.08 bits per heavy atom. The van der Waals surface area contributed by atoms with Gasteiger partial charge in [-0.05, 0) is 49.9 Å². The summed E-state index contributed by atoms with van der Waals surface area (Å²) in [6.07, 6.45) is 5.35. The number of amides is 1. The fraction of sp³-hybridized carbons (Fsp3) is 0.550. The van der Waals surface area contributed by atoms with Gasteiger partial charge in [0.1, 0.15) is 5.69 Å². The summed E-state index contributed by atoms with van der Waals surface area (Å²) in [4.78, 5) is 16.0. The SMILES string of the molecule is Cc1cc(C)c2cc(C(=O)NC3CC[Si]4(CCCC4)CC3)[nH]c2c1. The summed E-state index contributed by atoms with van der Waals surface area (Å²) in [5, 5.41) is 4.45. The van der Waals surface area contributed by atoms with Crippen LogP contribution in [0.4, 0.5) is 0 Å². The van der Waals surface area contributed by atoms with Gasteiger partial charge >= 0.3 is 0 Å². The lowest BCUT2D eigenvalue weighted by atomic mass is 10.1. The van der Waals surface area contributed by atoms with Crippen LogP contribution in [0.25, 0.3) is 10.9 Å². The van der Waals surface area contributed by atoms with Crippen molar-refractivity contribution in [3.05, 3.63) is 35.0 Å². The number of hydrogen-bond acceptors (Lipinski definition) is 1. The van der Waals surface area contributed by atoms with E-state index < -0.39 is 8.07 Å². The zero-order valence-corrected chi connectivity index (χ0v) is 15.9. The molecule has 1 amide bonds. The lowest BCUT2D eigenvalue weighted by Crippen LogP contribution is -2.43. The molecule has 2 aliphatic heterocycles. The fourth-order valence-electron chi connectivity index (χ4n) is 4.98. The normalized spacial score (nSPS) is 20.8. The molecule has 2 saturated heterocycles. The van der Waals surface area contributed by atoms with Crippen LogP contribution in [0.3, 0.4) is 0 Å². The molecule has 1 spiro atoms. The summed E-state index contributed by atoms with van der Waals surface area (Å²) in [5.41, 5.74) is 4.23. The summed E-state index contributed by atoms with van der Waals surface area (Å²) in [6, 6.07) is 12.6. The highest BCUT2D eigenvalue weighted by Crippen LogP contribution is 2.42. The Bertz CT molecular complexity index is 763. The summed E-state index contributed by atoms with van der Waals surface area (Å²) in [5.74, 6) is 0.0669. The molecule has 0 bridgehead atoms. The molecular formula is C20H28N2OSi. The maximum Gasteiger partial charge on any atom is 0.267 e. The summed E-state index contributed by atoms with van der Waals surface area (Å²) in [7, 11) is -0.891. The van der Waals surface area contributed by atoms with Gasteiger partial charge in [-0.25, -0.2) is 0 Å². The lowest BCUT2D eigenvalue weighted by molar-refractivity contribution is 0.0929. The molecule has 2 N–H and O–H groups in total. The van der Waals surface area contributed by atoms with Crippen LogP contribution in [0.5, 0.6) is 0 Å². The van der Waals surface area contributed by atoms with Gasteiger partial charge in [0.15, 0.2) is 0 Å². The summed E-state index contributed by atoms with van der Waals surface area (Å²) < 4.78 is 0. The number of aryl methyl sites for hydroxylation is 2. The maximum absolute atomic E-state index is 12.7. The molecule has 3 nitrogen and oxygen atoms in total. The zero-order chi connectivity index (χ0) is 16.7. The minimum absolute atomic E-state index is 0.0669. The van der Waals surface area contributed by atoms with Gasteiger partial charge in [-0.3, -0.25) is 4.79 Å². The van der Waals surface area contributed by atoms with Crippen LogP contribution in [0.2, 0.25) is 24.2 Å². The first-order chi connectivity index (χ1) is 11.5. The number of carbonyl (C=O) groups is 1. The number of fused-ring (bicyclic) bond motifs is 1. The molecule has 2 aliphatic rings. The predicted molar refractivity (Wildman–Crippen MR) is 102 cm³/mol. The third kappa shape index (κ3) is 2.92. The second-order valence-corrected chi connectivity index (χ2v) is 13.2. The fourth-order valence-corrected chi connectivity index (χ4v) is 10.4. The monoisotopic (exact) mass is 340 g/mol. The molecule has 1 aromatic carbocycles. The second kappa shape index (κ2) is 6.07. The minimum Gasteiger partial charge on any atom is -0.351 e. The van der Waals surface area contributed by atoms with E-state index in [1.54, 1.807) is 12.1 Å². The average molecular weight is 341 g/mol. The van der Waals surface area contributed by atoms with E-state index >= 15 is 0 Å². The number of rotatable bonds is 2. The van der Waals surface area contributed by atoms with E-state index in [1.165, 1.54) is 48.9 Å². The first kappa shape index (κ1) is 15.9. The van der Waals surface area contributed by atoms with Crippen LogP contribution >= 0.6 is 0 Å². The van der Waals surface area contributed by atoms with E-state index in [2.05, 4.69) is 36.3 Å². The highest BCUT2D eigenvalue weighted by atomic mass is 28.3. The topological polar surface area (TPSA) is 44.9 Å². The van der Waals surface area contributed by atoms with E-state index in [0.29, 0.717) is 11.7 Å². The molecule has 2 aromatic rings. The third-order valence-corrected chi connectivity index (χ3v) is 11.9. The van der Waals surface area contributed by atoms with Crippen LogP contribution in [0.15, 0.2) is 18.2 Å². The molecule has 0 aliphatic carbocycles.